The predicted molar refractivity (Wildman–Crippen MR) is 314 cm³/mol. The molecule has 2 saturated heterocycles. The van der Waals surface area contributed by atoms with Crippen LogP contribution in [-0.4, -0.2) is 161 Å². The number of benzene rings is 2. The van der Waals surface area contributed by atoms with Crippen LogP contribution < -0.4 is 31.6 Å². The van der Waals surface area contributed by atoms with Gasteiger partial charge in [-0.3, -0.25) is 19.6 Å². The first-order valence-corrected chi connectivity index (χ1v) is 27.1. The van der Waals surface area contributed by atoms with Crippen LogP contribution in [0.25, 0.3) is 66.4 Å². The van der Waals surface area contributed by atoms with Crippen LogP contribution in [0, 0.1) is 0 Å². The van der Waals surface area contributed by atoms with Gasteiger partial charge in [0.15, 0.2) is 11.3 Å². The maximum absolute atomic E-state index is 13.2. The number of carbonyl (C=O) groups is 2. The molecule has 24 heteroatoms. The number of rotatable bonds is 16. The van der Waals surface area contributed by atoms with Crippen LogP contribution in [0.4, 0.5) is 23.0 Å². The summed E-state index contributed by atoms with van der Waals surface area (Å²) >= 11 is 0. The van der Waals surface area contributed by atoms with Gasteiger partial charge >= 0.3 is 0 Å². The number of amides is 2. The molecule has 0 bridgehead atoms. The maximum Gasteiger partial charge on any atom is 0.272 e. The van der Waals surface area contributed by atoms with Crippen molar-refractivity contribution in [2.24, 2.45) is 14.1 Å². The van der Waals surface area contributed by atoms with E-state index in [2.05, 4.69) is 50.3 Å². The van der Waals surface area contributed by atoms with Gasteiger partial charge in [-0.2, -0.15) is 10.2 Å². The van der Waals surface area contributed by atoms with Gasteiger partial charge in [0.2, 0.25) is 0 Å². The number of hydrogen-bond acceptors (Lipinski definition) is 18. The Kier molecular flexibility index (Phi) is 16.0. The molecule has 8 aromatic heterocycles. The zero-order valence-electron chi connectivity index (χ0n) is 46.7. The van der Waals surface area contributed by atoms with Crippen molar-refractivity contribution in [1.29, 1.82) is 0 Å². The van der Waals surface area contributed by atoms with E-state index in [1.165, 1.54) is 12.7 Å². The highest BCUT2D eigenvalue weighted by atomic mass is 16.5. The average Bonchev–Trinajstić information content (AvgIpc) is 4.46. The highest BCUT2D eigenvalue weighted by Crippen LogP contribution is 2.40. The second kappa shape index (κ2) is 23.9. The monoisotopic (exact) mass is 1110 g/mol. The van der Waals surface area contributed by atoms with Gasteiger partial charge in [-0.25, -0.2) is 29.3 Å². The molecule has 424 valence electrons. The first kappa shape index (κ1) is 54.8. The number of nitrogens with zero attached hydrogens (tertiary/aromatic N) is 14. The Balaban J connectivity index is 0.000000172. The third-order valence-electron chi connectivity index (χ3n) is 15.7. The van der Waals surface area contributed by atoms with Crippen molar-refractivity contribution in [2.45, 2.75) is 37.8 Å². The largest absolute Gasteiger partial charge is 0.495 e. The van der Waals surface area contributed by atoms with Crippen LogP contribution in [0.1, 0.15) is 58.7 Å². The molecule has 0 saturated carbocycles. The lowest BCUT2D eigenvalue weighted by molar-refractivity contribution is 0.101. The minimum Gasteiger partial charge on any atom is -0.495 e. The lowest BCUT2D eigenvalue weighted by Gasteiger charge is -2.31. The third-order valence-corrected chi connectivity index (χ3v) is 15.7. The van der Waals surface area contributed by atoms with Gasteiger partial charge in [0.1, 0.15) is 58.6 Å². The summed E-state index contributed by atoms with van der Waals surface area (Å²) < 4.78 is 29.5. The summed E-state index contributed by atoms with van der Waals surface area (Å²) in [7, 11) is 10.3. The molecular formula is C58H66N18O6. The molecule has 10 aromatic rings. The number of likely N-dealkylation sites (tertiary alicyclic amines) is 2. The van der Waals surface area contributed by atoms with Crippen molar-refractivity contribution in [2.75, 3.05) is 103 Å². The number of hydrogen-bond donors (Lipinski definition) is 4. The smallest absolute Gasteiger partial charge is 0.272 e. The lowest BCUT2D eigenvalue weighted by atomic mass is 10.1. The standard InChI is InChI=1S/2C29H33N9O3/c1-36-22(14-18-6-9-31-16-23(18)36)29(39)34-21-5-4-19(15-24(21)41-3)26-25-27(30)32-17-33-28(25)38(35-26)20-7-10-37(11-8-20)12-13-40-2;1-36-22-6-9-31-16-19(22)14-23(36)29(39)34-21-5-4-18(15-24(21)41-3)26-25-27(30)32-17-33-28(25)38(35-26)20-7-10-37(11-8-20)12-13-40-2/h2*4-6,9,14-17,20H,7-8,10-13H2,1-3H3,(H,34,39)(H2,30,32,33). The van der Waals surface area contributed by atoms with Crippen LogP contribution in [0.5, 0.6) is 11.5 Å². The van der Waals surface area contributed by atoms with Crippen molar-refractivity contribution in [3.63, 3.8) is 0 Å². The Morgan fingerprint density at radius 2 is 1.04 bits per heavy atom. The Bertz CT molecular complexity index is 3690. The van der Waals surface area contributed by atoms with E-state index in [0.29, 0.717) is 79.4 Å². The predicted octanol–water partition coefficient (Wildman–Crippen LogP) is 7.01. The van der Waals surface area contributed by atoms with Gasteiger partial charge in [-0.1, -0.05) is 12.1 Å². The summed E-state index contributed by atoms with van der Waals surface area (Å²) in [5.74, 6) is 1.24. The zero-order chi connectivity index (χ0) is 57.0. The molecule has 2 amide bonds. The number of ether oxygens (including phenoxy) is 4. The Morgan fingerprint density at radius 3 is 1.50 bits per heavy atom. The van der Waals surface area contributed by atoms with Crippen molar-refractivity contribution in [3.8, 4) is 34.0 Å². The molecule has 0 atom stereocenters. The Morgan fingerprint density at radius 1 is 0.573 bits per heavy atom. The summed E-state index contributed by atoms with van der Waals surface area (Å²) in [5, 5.41) is 19.3. The van der Waals surface area contributed by atoms with E-state index in [9.17, 15) is 9.59 Å². The highest BCUT2D eigenvalue weighted by Gasteiger charge is 2.29. The summed E-state index contributed by atoms with van der Waals surface area (Å²) in [6.07, 6.45) is 13.7. The van der Waals surface area contributed by atoms with Crippen molar-refractivity contribution in [3.05, 3.63) is 109 Å². The molecule has 0 radical (unpaired) electrons. The number of anilines is 4. The molecule has 0 aliphatic carbocycles. The van der Waals surface area contributed by atoms with Gasteiger partial charge in [-0.15, -0.1) is 0 Å². The van der Waals surface area contributed by atoms with E-state index in [1.54, 1.807) is 53.2 Å². The van der Waals surface area contributed by atoms with Crippen LogP contribution in [0.2, 0.25) is 0 Å². The van der Waals surface area contributed by atoms with E-state index >= 15 is 0 Å². The number of pyridine rings is 2. The topological polar surface area (TPSA) is 276 Å². The number of nitrogens with one attached hydrogen (secondary N) is 2. The van der Waals surface area contributed by atoms with Gasteiger partial charge < -0.3 is 60.0 Å². The number of aryl methyl sites for hydroxylation is 2. The van der Waals surface area contributed by atoms with E-state index in [0.717, 1.165) is 111 Å². The molecule has 2 aliphatic heterocycles. The van der Waals surface area contributed by atoms with Gasteiger partial charge in [-0.05, 0) is 74.2 Å². The fourth-order valence-corrected chi connectivity index (χ4v) is 11.2. The molecule has 0 spiro atoms. The van der Waals surface area contributed by atoms with Gasteiger partial charge in [0.25, 0.3) is 11.8 Å². The minimum atomic E-state index is -0.251. The molecule has 12 rings (SSSR count). The quantitative estimate of drug-likeness (QED) is 0.0757. The molecular weight excluding hydrogens is 1040 g/mol. The Labute approximate surface area is 472 Å². The SMILES string of the molecule is COCCN1CCC(n2nc(-c3ccc(NC(=O)c4cc5ccncc5n4C)c(OC)c3)c3c(N)ncnc32)CC1.COCCN1CCC(n2nc(-c3ccc(NC(=O)c4cc5cnccc5n4C)c(OC)c3)c3c(N)ncnc32)CC1. The van der Waals surface area contributed by atoms with Gasteiger partial charge in [0.05, 0.1) is 78.9 Å². The summed E-state index contributed by atoms with van der Waals surface area (Å²) in [6, 6.07) is 18.9. The zero-order valence-corrected chi connectivity index (χ0v) is 46.7. The van der Waals surface area contributed by atoms with Crippen molar-refractivity contribution in [1.82, 2.24) is 68.4 Å². The van der Waals surface area contributed by atoms with Crippen LogP contribution in [0.15, 0.2) is 98.1 Å². The summed E-state index contributed by atoms with van der Waals surface area (Å²) in [6.45, 7) is 7.12. The number of fused-ring (bicyclic) bond motifs is 4. The Hall–Kier alpha value is -9.10. The van der Waals surface area contributed by atoms with Crippen LogP contribution in [-0.2, 0) is 23.6 Å². The molecule has 6 N–H and O–H groups in total. The van der Waals surface area contributed by atoms with E-state index in [1.807, 2.05) is 93.3 Å². The first-order valence-electron chi connectivity index (χ1n) is 27.1. The van der Waals surface area contributed by atoms with Crippen molar-refractivity contribution >= 4 is 78.7 Å². The van der Waals surface area contributed by atoms with E-state index < -0.39 is 0 Å². The van der Waals surface area contributed by atoms with Crippen LogP contribution in [0.3, 0.4) is 0 Å². The maximum atomic E-state index is 13.2. The normalized spacial score (nSPS) is 14.6. The number of aromatic nitrogens is 12. The van der Waals surface area contributed by atoms with E-state index in [4.69, 9.17) is 40.6 Å². The molecule has 2 aliphatic rings. The average molecular weight is 1110 g/mol. The summed E-state index contributed by atoms with van der Waals surface area (Å²) in [5.41, 5.74) is 21.0. The molecule has 0 unspecified atom stereocenters. The molecule has 2 fully saturated rings. The third kappa shape index (κ3) is 10.8. The van der Waals surface area contributed by atoms with Gasteiger partial charge in [0, 0.05) is 108 Å². The number of nitrogens with two attached hydrogens (primary N) is 2. The molecule has 82 heavy (non-hydrogen) atoms. The first-order chi connectivity index (χ1) is 40.0. The number of nitrogen functional groups attached to an aromatic ring is 2. The fourth-order valence-electron chi connectivity index (χ4n) is 11.2. The molecule has 24 nitrogen and oxygen atoms in total. The molecule has 10 heterocycles. The number of carbonyl (C=O) groups excluding carboxylic acids is 2. The van der Waals surface area contributed by atoms with E-state index in [-0.39, 0.29) is 23.9 Å². The minimum absolute atomic E-state index is 0.191. The molecule has 2 aromatic carbocycles. The van der Waals surface area contributed by atoms with Crippen molar-refractivity contribution < 1.29 is 28.5 Å². The number of piperidine rings is 2. The number of methoxy groups -OCH3 is 4. The second-order valence-electron chi connectivity index (χ2n) is 20.4. The lowest BCUT2D eigenvalue weighted by Crippen LogP contribution is -2.36. The van der Waals surface area contributed by atoms with Crippen LogP contribution >= 0.6 is 0 Å². The second-order valence-corrected chi connectivity index (χ2v) is 20.4. The summed E-state index contributed by atoms with van der Waals surface area (Å²) in [4.78, 5) is 57.3. The fraction of sp³-hybridized carbons (Fsp3) is 0.345. The highest BCUT2D eigenvalue weighted by molar-refractivity contribution is 6.08.